The van der Waals surface area contributed by atoms with E-state index in [1.165, 1.54) is 11.8 Å². The van der Waals surface area contributed by atoms with Crippen molar-refractivity contribution < 1.29 is 4.79 Å². The summed E-state index contributed by atoms with van der Waals surface area (Å²) in [7, 11) is 0. The molecule has 0 atom stereocenters. The molecule has 14 heavy (non-hydrogen) atoms. The Morgan fingerprint density at radius 1 is 1.29 bits per heavy atom. The molecule has 0 unspecified atom stereocenters. The predicted octanol–water partition coefficient (Wildman–Crippen LogP) is 2.98. The highest BCUT2D eigenvalue weighted by atomic mass is 32.2. The lowest BCUT2D eigenvalue weighted by Crippen LogP contribution is -2.08. The maximum atomic E-state index is 11.0. The van der Waals surface area contributed by atoms with Gasteiger partial charge < -0.3 is 5.32 Å². The zero-order chi connectivity index (χ0) is 10.7. The molecule has 0 fully saturated rings. The molecule has 1 N–H and O–H groups in total. The molecule has 0 aliphatic heterocycles. The first-order valence-corrected chi connectivity index (χ1v) is 5.70. The van der Waals surface area contributed by atoms with Gasteiger partial charge >= 0.3 is 0 Å². The number of hydrogen-bond donors (Lipinski definition) is 1. The van der Waals surface area contributed by atoms with Crippen LogP contribution in [0.5, 0.6) is 0 Å². The van der Waals surface area contributed by atoms with E-state index in [-0.39, 0.29) is 5.91 Å². The second kappa shape index (κ2) is 4.51. The Labute approximate surface area is 89.1 Å². The van der Waals surface area contributed by atoms with E-state index in [0.29, 0.717) is 0 Å². The molecular weight excluding hydrogens is 194 g/mol. The number of carbonyl (C=O) groups is 1. The van der Waals surface area contributed by atoms with Gasteiger partial charge in [-0.1, -0.05) is 0 Å². The lowest BCUT2D eigenvalue weighted by atomic mass is 10.1. The number of aryl methyl sites for hydroxylation is 2. The molecule has 0 saturated heterocycles. The molecule has 0 heterocycles. The van der Waals surface area contributed by atoms with Crippen molar-refractivity contribution in [1.82, 2.24) is 0 Å². The third kappa shape index (κ3) is 2.51. The Balaban J connectivity index is 3.11. The summed E-state index contributed by atoms with van der Waals surface area (Å²) < 4.78 is 0. The van der Waals surface area contributed by atoms with E-state index in [1.54, 1.807) is 11.8 Å². The molecular formula is C11H15NOS. The van der Waals surface area contributed by atoms with Crippen LogP contribution >= 0.6 is 11.8 Å². The lowest BCUT2D eigenvalue weighted by Gasteiger charge is -2.11. The molecule has 76 valence electrons. The largest absolute Gasteiger partial charge is 0.326 e. The molecule has 3 heteroatoms. The number of hydrogen-bond acceptors (Lipinski definition) is 2. The SMILES string of the molecule is CSc1cc(C)c(NC(C)=O)c(C)c1. The minimum Gasteiger partial charge on any atom is -0.326 e. The van der Waals surface area contributed by atoms with Gasteiger partial charge in [0.25, 0.3) is 0 Å². The standard InChI is InChI=1S/C11H15NOS/c1-7-5-10(14-4)6-8(2)11(7)12-9(3)13/h5-6H,1-4H3,(H,12,13). The molecule has 0 spiro atoms. The Morgan fingerprint density at radius 3 is 2.14 bits per heavy atom. The molecule has 0 aromatic heterocycles. The van der Waals surface area contributed by atoms with E-state index in [1.807, 2.05) is 20.1 Å². The molecule has 0 aliphatic rings. The summed E-state index contributed by atoms with van der Waals surface area (Å²) in [5.74, 6) is -0.0203. The molecule has 1 amide bonds. The minimum atomic E-state index is -0.0203. The highest BCUT2D eigenvalue weighted by Gasteiger charge is 2.05. The van der Waals surface area contributed by atoms with Crippen molar-refractivity contribution in [2.45, 2.75) is 25.7 Å². The third-order valence-corrected chi connectivity index (χ3v) is 2.75. The van der Waals surface area contributed by atoms with Crippen LogP contribution in [0, 0.1) is 13.8 Å². The molecule has 2 nitrogen and oxygen atoms in total. The van der Waals surface area contributed by atoms with Crippen molar-refractivity contribution in [2.75, 3.05) is 11.6 Å². The molecule has 1 aromatic carbocycles. The van der Waals surface area contributed by atoms with Crippen LogP contribution in [0.2, 0.25) is 0 Å². The van der Waals surface area contributed by atoms with E-state index < -0.39 is 0 Å². The molecule has 1 aromatic rings. The average Bonchev–Trinajstić information content (AvgIpc) is 2.10. The second-order valence-electron chi connectivity index (χ2n) is 3.32. The van der Waals surface area contributed by atoms with Crippen LogP contribution in [-0.2, 0) is 4.79 Å². The van der Waals surface area contributed by atoms with Crippen LogP contribution in [0.4, 0.5) is 5.69 Å². The van der Waals surface area contributed by atoms with Gasteiger partial charge in [-0.15, -0.1) is 11.8 Å². The van der Waals surface area contributed by atoms with Crippen LogP contribution in [0.3, 0.4) is 0 Å². The van der Waals surface area contributed by atoms with Crippen molar-refractivity contribution in [3.05, 3.63) is 23.3 Å². The van der Waals surface area contributed by atoms with Gasteiger partial charge in [0.1, 0.15) is 0 Å². The molecule has 1 rings (SSSR count). The highest BCUT2D eigenvalue weighted by Crippen LogP contribution is 2.26. The fraction of sp³-hybridized carbons (Fsp3) is 0.364. The first-order valence-electron chi connectivity index (χ1n) is 4.47. The quantitative estimate of drug-likeness (QED) is 0.759. The van der Waals surface area contributed by atoms with Crippen molar-refractivity contribution >= 4 is 23.4 Å². The normalized spacial score (nSPS) is 10.0. The van der Waals surface area contributed by atoms with E-state index in [4.69, 9.17) is 0 Å². The van der Waals surface area contributed by atoms with Crippen LogP contribution in [-0.4, -0.2) is 12.2 Å². The Kier molecular flexibility index (Phi) is 3.58. The zero-order valence-electron chi connectivity index (χ0n) is 8.97. The maximum Gasteiger partial charge on any atom is 0.221 e. The van der Waals surface area contributed by atoms with Crippen LogP contribution in [0.25, 0.3) is 0 Å². The van der Waals surface area contributed by atoms with Crippen molar-refractivity contribution in [3.63, 3.8) is 0 Å². The summed E-state index contributed by atoms with van der Waals surface area (Å²) in [5.41, 5.74) is 3.17. The summed E-state index contributed by atoms with van der Waals surface area (Å²) in [6, 6.07) is 4.17. The van der Waals surface area contributed by atoms with Gasteiger partial charge in [-0.05, 0) is 43.4 Å². The van der Waals surface area contributed by atoms with Crippen LogP contribution in [0.1, 0.15) is 18.1 Å². The smallest absolute Gasteiger partial charge is 0.221 e. The monoisotopic (exact) mass is 209 g/mol. The second-order valence-corrected chi connectivity index (χ2v) is 4.20. The van der Waals surface area contributed by atoms with Gasteiger partial charge in [0.05, 0.1) is 0 Å². The summed E-state index contributed by atoms with van der Waals surface area (Å²) in [6.45, 7) is 5.55. The van der Waals surface area contributed by atoms with E-state index in [0.717, 1.165) is 16.8 Å². The van der Waals surface area contributed by atoms with Crippen LogP contribution in [0.15, 0.2) is 17.0 Å². The summed E-state index contributed by atoms with van der Waals surface area (Å²) in [6.07, 6.45) is 2.05. The summed E-state index contributed by atoms with van der Waals surface area (Å²) >= 11 is 1.71. The number of thioether (sulfide) groups is 1. The first-order chi connectivity index (χ1) is 6.54. The van der Waals surface area contributed by atoms with Crippen molar-refractivity contribution in [2.24, 2.45) is 0 Å². The average molecular weight is 209 g/mol. The number of anilines is 1. The molecule has 0 aliphatic carbocycles. The van der Waals surface area contributed by atoms with Gasteiger partial charge in [-0.2, -0.15) is 0 Å². The Bertz CT molecular complexity index is 337. The van der Waals surface area contributed by atoms with Gasteiger partial charge in [-0.25, -0.2) is 0 Å². The minimum absolute atomic E-state index is 0.0203. The summed E-state index contributed by atoms with van der Waals surface area (Å²) in [4.78, 5) is 12.2. The van der Waals surface area contributed by atoms with E-state index >= 15 is 0 Å². The number of rotatable bonds is 2. The van der Waals surface area contributed by atoms with Gasteiger partial charge in [0.15, 0.2) is 0 Å². The Hall–Kier alpha value is -0.960. The topological polar surface area (TPSA) is 29.1 Å². The van der Waals surface area contributed by atoms with Gasteiger partial charge in [0.2, 0.25) is 5.91 Å². The van der Waals surface area contributed by atoms with E-state index in [2.05, 4.69) is 17.4 Å². The predicted molar refractivity (Wildman–Crippen MR) is 62.0 cm³/mol. The lowest BCUT2D eigenvalue weighted by molar-refractivity contribution is -0.114. The number of amides is 1. The third-order valence-electron chi connectivity index (χ3n) is 2.04. The summed E-state index contributed by atoms with van der Waals surface area (Å²) in [5, 5.41) is 2.84. The maximum absolute atomic E-state index is 11.0. The zero-order valence-corrected chi connectivity index (χ0v) is 9.79. The molecule has 0 bridgehead atoms. The fourth-order valence-electron chi connectivity index (χ4n) is 1.41. The molecule has 0 saturated carbocycles. The van der Waals surface area contributed by atoms with E-state index in [9.17, 15) is 4.79 Å². The number of benzene rings is 1. The van der Waals surface area contributed by atoms with Gasteiger partial charge in [-0.3, -0.25) is 4.79 Å². The van der Waals surface area contributed by atoms with Crippen LogP contribution < -0.4 is 5.32 Å². The van der Waals surface area contributed by atoms with Crippen molar-refractivity contribution in [1.29, 1.82) is 0 Å². The molecule has 0 radical (unpaired) electrons. The first kappa shape index (κ1) is 11.1. The van der Waals surface area contributed by atoms with Crippen molar-refractivity contribution in [3.8, 4) is 0 Å². The number of nitrogens with one attached hydrogen (secondary N) is 1. The highest BCUT2D eigenvalue weighted by molar-refractivity contribution is 7.98. The number of carbonyl (C=O) groups excluding carboxylic acids is 1. The fourth-order valence-corrected chi connectivity index (χ4v) is 2.00. The Morgan fingerprint density at radius 2 is 1.79 bits per heavy atom. The van der Waals surface area contributed by atoms with Gasteiger partial charge in [0, 0.05) is 17.5 Å².